The van der Waals surface area contributed by atoms with Crippen LogP contribution < -0.4 is 19.7 Å². The molecule has 1 fully saturated rings. The zero-order chi connectivity index (χ0) is 25.4. The first-order valence-electron chi connectivity index (χ1n) is 11.9. The monoisotopic (exact) mass is 482 g/mol. The topological polar surface area (TPSA) is 94.2 Å². The highest BCUT2D eigenvalue weighted by Gasteiger charge is 2.42. The van der Waals surface area contributed by atoms with Crippen molar-refractivity contribution in [3.8, 4) is 11.5 Å². The zero-order valence-corrected chi connectivity index (χ0v) is 20.8. The van der Waals surface area contributed by atoms with Crippen LogP contribution in [-0.2, 0) is 19.1 Å². The smallest absolute Gasteiger partial charge is 0.311 e. The van der Waals surface area contributed by atoms with Gasteiger partial charge < -0.3 is 24.4 Å². The van der Waals surface area contributed by atoms with E-state index >= 15 is 0 Å². The first kappa shape index (κ1) is 26.1. The Hall–Kier alpha value is -3.55. The summed E-state index contributed by atoms with van der Waals surface area (Å²) in [5.74, 6) is -0.230. The lowest BCUT2D eigenvalue weighted by Gasteiger charge is -2.40. The van der Waals surface area contributed by atoms with Gasteiger partial charge in [0.1, 0.15) is 11.5 Å². The van der Waals surface area contributed by atoms with Gasteiger partial charge in [-0.2, -0.15) is 0 Å². The summed E-state index contributed by atoms with van der Waals surface area (Å²) >= 11 is 0. The third kappa shape index (κ3) is 6.53. The summed E-state index contributed by atoms with van der Waals surface area (Å²) in [6.07, 6.45) is 2.32. The molecule has 3 atom stereocenters. The van der Waals surface area contributed by atoms with E-state index in [4.69, 9.17) is 14.2 Å². The third-order valence-corrected chi connectivity index (χ3v) is 6.18. The highest BCUT2D eigenvalue weighted by molar-refractivity contribution is 5.97. The maximum atomic E-state index is 13.2. The molecule has 3 rings (SSSR count). The predicted molar refractivity (Wildman–Crippen MR) is 132 cm³/mol. The molecule has 1 aliphatic rings. The lowest BCUT2D eigenvalue weighted by molar-refractivity contribution is -0.154. The molecule has 0 spiro atoms. The van der Waals surface area contributed by atoms with Gasteiger partial charge in [-0.05, 0) is 61.7 Å². The number of hydrogen-bond donors (Lipinski definition) is 1. The molecule has 1 saturated heterocycles. The number of carbonyl (C=O) groups excluding carboxylic acids is 3. The first-order valence-corrected chi connectivity index (χ1v) is 11.9. The number of hydrogen-bond acceptors (Lipinski definition) is 6. The van der Waals surface area contributed by atoms with E-state index in [9.17, 15) is 14.4 Å². The van der Waals surface area contributed by atoms with Crippen LogP contribution in [0.15, 0.2) is 48.5 Å². The van der Waals surface area contributed by atoms with Crippen LogP contribution in [0.2, 0.25) is 0 Å². The van der Waals surface area contributed by atoms with E-state index in [2.05, 4.69) is 5.32 Å². The van der Waals surface area contributed by atoms with Crippen LogP contribution in [0.3, 0.4) is 0 Å². The first-order chi connectivity index (χ1) is 16.9. The molecule has 1 aliphatic heterocycles. The number of carbonyl (C=O) groups is 3. The molecule has 1 N–H and O–H groups in total. The lowest BCUT2D eigenvalue weighted by atomic mass is 9.83. The van der Waals surface area contributed by atoms with Crippen molar-refractivity contribution in [2.24, 2.45) is 5.92 Å². The van der Waals surface area contributed by atoms with E-state index in [1.165, 1.54) is 0 Å². The van der Waals surface area contributed by atoms with Gasteiger partial charge in [0.15, 0.2) is 6.61 Å². The van der Waals surface area contributed by atoms with E-state index in [0.717, 1.165) is 18.4 Å². The molecule has 35 heavy (non-hydrogen) atoms. The summed E-state index contributed by atoms with van der Waals surface area (Å²) in [5, 5.41) is 2.84. The second-order valence-corrected chi connectivity index (χ2v) is 8.69. The Labute approximate surface area is 206 Å². The van der Waals surface area contributed by atoms with E-state index < -0.39 is 17.9 Å². The molecule has 0 saturated carbocycles. The number of rotatable bonds is 10. The van der Waals surface area contributed by atoms with Crippen molar-refractivity contribution in [2.45, 2.75) is 51.6 Å². The predicted octanol–water partition coefficient (Wildman–Crippen LogP) is 4.04. The van der Waals surface area contributed by atoms with Crippen molar-refractivity contribution in [3.63, 3.8) is 0 Å². The minimum Gasteiger partial charge on any atom is -0.497 e. The van der Waals surface area contributed by atoms with Gasteiger partial charge in [0, 0.05) is 18.2 Å². The van der Waals surface area contributed by atoms with E-state index in [0.29, 0.717) is 23.6 Å². The molecular formula is C27H34N2O6. The van der Waals surface area contributed by atoms with Crippen molar-refractivity contribution < 1.29 is 28.6 Å². The third-order valence-electron chi connectivity index (χ3n) is 6.18. The average molecular weight is 483 g/mol. The number of ether oxygens (including phenoxy) is 3. The Morgan fingerprint density at radius 1 is 1.03 bits per heavy atom. The fourth-order valence-electron chi connectivity index (χ4n) is 4.43. The number of methoxy groups -OCH3 is 2. The molecule has 188 valence electrons. The number of piperidine rings is 1. The number of nitrogens with one attached hydrogen (secondary N) is 1. The van der Waals surface area contributed by atoms with Crippen molar-refractivity contribution in [2.75, 3.05) is 25.7 Å². The molecule has 0 aliphatic carbocycles. The highest BCUT2D eigenvalue weighted by atomic mass is 16.5. The van der Waals surface area contributed by atoms with Crippen LogP contribution in [0, 0.1) is 5.92 Å². The van der Waals surface area contributed by atoms with Gasteiger partial charge in [-0.15, -0.1) is 0 Å². The Morgan fingerprint density at radius 2 is 1.63 bits per heavy atom. The van der Waals surface area contributed by atoms with Gasteiger partial charge in [0.2, 0.25) is 5.91 Å². The van der Waals surface area contributed by atoms with Crippen molar-refractivity contribution >= 4 is 23.5 Å². The molecule has 8 heteroatoms. The number of esters is 1. The minimum absolute atomic E-state index is 0.0103. The Bertz CT molecular complexity index is 1010. The summed E-state index contributed by atoms with van der Waals surface area (Å²) in [6, 6.07) is 13.8. The Kier molecular flexibility index (Phi) is 9.11. The molecule has 0 bridgehead atoms. The average Bonchev–Trinajstić information content (AvgIpc) is 2.87. The lowest BCUT2D eigenvalue weighted by Crippen LogP contribution is -2.46. The fourth-order valence-corrected chi connectivity index (χ4v) is 4.43. The molecule has 0 aromatic heterocycles. The van der Waals surface area contributed by atoms with Crippen LogP contribution in [0.25, 0.3) is 0 Å². The van der Waals surface area contributed by atoms with Crippen LogP contribution in [0.1, 0.15) is 51.1 Å². The van der Waals surface area contributed by atoms with Gasteiger partial charge in [-0.25, -0.2) is 0 Å². The summed E-state index contributed by atoms with van der Waals surface area (Å²) in [6.45, 7) is 3.61. The largest absolute Gasteiger partial charge is 0.497 e. The van der Waals surface area contributed by atoms with Gasteiger partial charge in [-0.3, -0.25) is 14.4 Å². The summed E-state index contributed by atoms with van der Waals surface area (Å²) in [5.41, 5.74) is 1.43. The summed E-state index contributed by atoms with van der Waals surface area (Å²) in [7, 11) is 3.15. The van der Waals surface area contributed by atoms with Gasteiger partial charge in [0.25, 0.3) is 5.91 Å². The van der Waals surface area contributed by atoms with Gasteiger partial charge >= 0.3 is 5.97 Å². The fraction of sp³-hybridized carbons (Fsp3) is 0.444. The SMILES string of the molecule is CCCC(C)NC(=O)COC(=O)C1CCC(=O)N(c2ccc(OC)cc2)C1c1ccc(OC)cc1. The van der Waals surface area contributed by atoms with Gasteiger partial charge in [0.05, 0.1) is 26.2 Å². The van der Waals surface area contributed by atoms with E-state index in [1.807, 2.05) is 26.0 Å². The Morgan fingerprint density at radius 3 is 2.20 bits per heavy atom. The Balaban J connectivity index is 1.87. The zero-order valence-electron chi connectivity index (χ0n) is 20.8. The number of nitrogens with zero attached hydrogens (tertiary/aromatic N) is 1. The highest BCUT2D eigenvalue weighted by Crippen LogP contribution is 2.41. The normalized spacial score (nSPS) is 18.5. The number of anilines is 1. The van der Waals surface area contributed by atoms with Crippen LogP contribution in [0.5, 0.6) is 11.5 Å². The number of amides is 2. The molecular weight excluding hydrogens is 448 g/mol. The van der Waals surface area contributed by atoms with Crippen LogP contribution in [-0.4, -0.2) is 44.7 Å². The molecule has 8 nitrogen and oxygen atoms in total. The van der Waals surface area contributed by atoms with Crippen molar-refractivity contribution in [1.82, 2.24) is 5.32 Å². The van der Waals surface area contributed by atoms with Gasteiger partial charge in [-0.1, -0.05) is 25.5 Å². The molecule has 2 aromatic rings. The quantitative estimate of drug-likeness (QED) is 0.514. The molecule has 2 amide bonds. The second kappa shape index (κ2) is 12.2. The van der Waals surface area contributed by atoms with E-state index in [-0.39, 0.29) is 30.9 Å². The van der Waals surface area contributed by atoms with Crippen LogP contribution in [0.4, 0.5) is 5.69 Å². The number of benzene rings is 2. The molecule has 2 aromatic carbocycles. The molecule has 1 heterocycles. The van der Waals surface area contributed by atoms with E-state index in [1.54, 1.807) is 55.5 Å². The maximum absolute atomic E-state index is 13.2. The molecule has 3 unspecified atom stereocenters. The van der Waals surface area contributed by atoms with Crippen molar-refractivity contribution in [3.05, 3.63) is 54.1 Å². The standard InChI is InChI=1S/C27H34N2O6/c1-5-6-18(2)28-24(30)17-35-27(32)23-15-16-25(31)29(20-9-13-22(34-4)14-10-20)26(23)19-7-11-21(33-3)12-8-19/h7-14,18,23,26H,5-6,15-17H2,1-4H3,(H,28,30). The maximum Gasteiger partial charge on any atom is 0.311 e. The summed E-state index contributed by atoms with van der Waals surface area (Å²) in [4.78, 5) is 40.2. The van der Waals surface area contributed by atoms with Crippen LogP contribution >= 0.6 is 0 Å². The summed E-state index contributed by atoms with van der Waals surface area (Å²) < 4.78 is 16.0. The second-order valence-electron chi connectivity index (χ2n) is 8.69. The minimum atomic E-state index is -0.635. The van der Waals surface area contributed by atoms with Crippen molar-refractivity contribution in [1.29, 1.82) is 0 Å². The molecule has 0 radical (unpaired) electrons.